The largest absolute Gasteiger partial charge is 0.469 e. The zero-order chi connectivity index (χ0) is 19.6. The summed E-state index contributed by atoms with van der Waals surface area (Å²) in [5.74, 6) is -0.565. The lowest BCUT2D eigenvalue weighted by Crippen LogP contribution is -2.45. The second-order valence-electron chi connectivity index (χ2n) is 7.08. The van der Waals surface area contributed by atoms with Crippen molar-refractivity contribution in [3.8, 4) is 0 Å². The van der Waals surface area contributed by atoms with Crippen molar-refractivity contribution in [2.24, 2.45) is 5.41 Å². The average molecular weight is 435 g/mol. The summed E-state index contributed by atoms with van der Waals surface area (Å²) >= 11 is 3.18. The molecule has 7 nitrogen and oxygen atoms in total. The van der Waals surface area contributed by atoms with Gasteiger partial charge < -0.3 is 4.74 Å². The van der Waals surface area contributed by atoms with Crippen molar-refractivity contribution in [3.63, 3.8) is 0 Å². The summed E-state index contributed by atoms with van der Waals surface area (Å²) in [5, 5.41) is 11.6. The molecular formula is C16H23BrN2O5S. The van der Waals surface area contributed by atoms with Gasteiger partial charge in [-0.3, -0.25) is 14.9 Å². The van der Waals surface area contributed by atoms with Crippen molar-refractivity contribution in [2.75, 3.05) is 7.11 Å². The molecule has 0 aromatic heterocycles. The van der Waals surface area contributed by atoms with Crippen LogP contribution in [0.1, 0.15) is 46.2 Å². The molecule has 1 aromatic carbocycles. The number of carbonyl (C=O) groups excluding carboxylic acids is 1. The van der Waals surface area contributed by atoms with Crippen molar-refractivity contribution >= 4 is 38.6 Å². The zero-order valence-corrected chi connectivity index (χ0v) is 17.5. The van der Waals surface area contributed by atoms with Crippen LogP contribution in [-0.2, 0) is 20.5 Å². The highest BCUT2D eigenvalue weighted by atomic mass is 79.9. The van der Waals surface area contributed by atoms with Crippen molar-refractivity contribution in [2.45, 2.75) is 45.4 Å². The average Bonchev–Trinajstić information content (AvgIpc) is 2.49. The molecule has 2 atom stereocenters. The molecule has 140 valence electrons. The van der Waals surface area contributed by atoms with Gasteiger partial charge in [0.2, 0.25) is 0 Å². The maximum Gasteiger partial charge on any atom is 0.313 e. The number of esters is 1. The molecule has 0 saturated heterocycles. The molecule has 1 rings (SSSR count). The third kappa shape index (κ3) is 4.86. The first-order valence-corrected chi connectivity index (χ1v) is 9.47. The third-order valence-electron chi connectivity index (χ3n) is 3.73. The molecule has 0 unspecified atom stereocenters. The number of ether oxygens (including phenoxy) is 1. The number of nitrogens with one attached hydrogen (secondary N) is 1. The van der Waals surface area contributed by atoms with E-state index in [4.69, 9.17) is 4.74 Å². The first-order chi connectivity index (χ1) is 11.3. The number of halogens is 1. The van der Waals surface area contributed by atoms with Crippen molar-refractivity contribution in [1.82, 2.24) is 4.72 Å². The lowest BCUT2D eigenvalue weighted by molar-refractivity contribution is -0.386. The van der Waals surface area contributed by atoms with E-state index in [1.54, 1.807) is 52.8 Å². The number of hydrogen-bond acceptors (Lipinski definition) is 5. The lowest BCUT2D eigenvalue weighted by atomic mass is 9.80. The topological polar surface area (TPSA) is 98.5 Å². The predicted molar refractivity (Wildman–Crippen MR) is 100 cm³/mol. The van der Waals surface area contributed by atoms with E-state index in [2.05, 4.69) is 20.7 Å². The van der Waals surface area contributed by atoms with Gasteiger partial charge in [-0.15, -0.1) is 0 Å². The Morgan fingerprint density at radius 1 is 1.32 bits per heavy atom. The van der Waals surface area contributed by atoms with E-state index in [1.165, 1.54) is 7.11 Å². The van der Waals surface area contributed by atoms with Crippen LogP contribution in [0.5, 0.6) is 0 Å². The van der Waals surface area contributed by atoms with Crippen LogP contribution >= 0.6 is 15.9 Å². The van der Waals surface area contributed by atoms with E-state index in [0.717, 1.165) is 0 Å². The molecule has 0 fully saturated rings. The minimum absolute atomic E-state index is 0.178. The number of rotatable bonds is 6. The number of nitro groups is 1. The fourth-order valence-corrected chi connectivity index (χ4v) is 3.74. The summed E-state index contributed by atoms with van der Waals surface area (Å²) in [5.41, 5.74) is -1.11. The zero-order valence-electron chi connectivity index (χ0n) is 15.1. The maximum atomic E-state index is 12.6. The lowest BCUT2D eigenvalue weighted by Gasteiger charge is -2.34. The van der Waals surface area contributed by atoms with E-state index >= 15 is 0 Å². The highest BCUT2D eigenvalue weighted by Gasteiger charge is 2.44. The summed E-state index contributed by atoms with van der Waals surface area (Å²) in [7, 11) is -0.309. The SMILES string of the molecule is COC(=O)C(C)(C)[C@H](N[S@@](=O)C(C)(C)C)c1cccc(Br)c1[N+](=O)[O-]. The summed E-state index contributed by atoms with van der Waals surface area (Å²) in [6.45, 7) is 8.51. The Morgan fingerprint density at radius 2 is 1.88 bits per heavy atom. The number of benzene rings is 1. The van der Waals surface area contributed by atoms with Crippen LogP contribution in [0.15, 0.2) is 22.7 Å². The van der Waals surface area contributed by atoms with Crippen LogP contribution < -0.4 is 4.72 Å². The van der Waals surface area contributed by atoms with Crippen molar-refractivity contribution in [3.05, 3.63) is 38.3 Å². The fourth-order valence-electron chi connectivity index (χ4n) is 2.22. The van der Waals surface area contributed by atoms with E-state index < -0.39 is 38.1 Å². The van der Waals surface area contributed by atoms with Crippen LogP contribution in [-0.4, -0.2) is 27.0 Å². The van der Waals surface area contributed by atoms with Crippen molar-refractivity contribution in [1.29, 1.82) is 0 Å². The summed E-state index contributed by atoms with van der Waals surface area (Å²) in [6.07, 6.45) is 0. The second kappa shape index (κ2) is 7.92. The van der Waals surface area contributed by atoms with Crippen LogP contribution in [0, 0.1) is 15.5 Å². The van der Waals surface area contributed by atoms with Crippen LogP contribution in [0.2, 0.25) is 0 Å². The molecule has 0 bridgehead atoms. The van der Waals surface area contributed by atoms with E-state index in [1.807, 2.05) is 0 Å². The second-order valence-corrected chi connectivity index (χ2v) is 9.93. The fraction of sp³-hybridized carbons (Fsp3) is 0.562. The Balaban J connectivity index is 3.59. The summed E-state index contributed by atoms with van der Waals surface area (Å²) < 4.78 is 20.1. The molecule has 9 heteroatoms. The van der Waals surface area contributed by atoms with E-state index in [9.17, 15) is 19.1 Å². The van der Waals surface area contributed by atoms with Crippen molar-refractivity contribution < 1.29 is 18.7 Å². The third-order valence-corrected chi connectivity index (χ3v) is 5.93. The van der Waals surface area contributed by atoms with Gasteiger partial charge in [0.25, 0.3) is 5.69 Å². The molecule has 0 aliphatic carbocycles. The Hall–Kier alpha value is -1.32. The van der Waals surface area contributed by atoms with Crippen LogP contribution in [0.25, 0.3) is 0 Å². The monoisotopic (exact) mass is 434 g/mol. The van der Waals surface area contributed by atoms with Gasteiger partial charge in [0.05, 0.1) is 49.3 Å². The smallest absolute Gasteiger partial charge is 0.313 e. The molecule has 1 N–H and O–H groups in total. The number of carbonyl (C=O) groups is 1. The van der Waals surface area contributed by atoms with Crippen LogP contribution in [0.4, 0.5) is 5.69 Å². The van der Waals surface area contributed by atoms with Gasteiger partial charge in [-0.05, 0) is 56.6 Å². The molecule has 0 aliphatic rings. The van der Waals surface area contributed by atoms with Gasteiger partial charge in [0.15, 0.2) is 0 Å². The van der Waals surface area contributed by atoms with Gasteiger partial charge >= 0.3 is 5.97 Å². The molecule has 0 amide bonds. The molecular weight excluding hydrogens is 412 g/mol. The molecule has 0 heterocycles. The highest BCUT2D eigenvalue weighted by molar-refractivity contribution is 9.10. The maximum absolute atomic E-state index is 12.6. The molecule has 0 spiro atoms. The minimum Gasteiger partial charge on any atom is -0.469 e. The highest BCUT2D eigenvalue weighted by Crippen LogP contribution is 2.42. The first-order valence-electron chi connectivity index (χ1n) is 7.53. The Kier molecular flexibility index (Phi) is 6.88. The Bertz CT molecular complexity index is 700. The number of nitrogens with zero attached hydrogens (tertiary/aromatic N) is 1. The van der Waals surface area contributed by atoms with Gasteiger partial charge in [0, 0.05) is 0 Å². The Morgan fingerprint density at radius 3 is 2.32 bits per heavy atom. The van der Waals surface area contributed by atoms with E-state index in [0.29, 0.717) is 0 Å². The van der Waals surface area contributed by atoms with Crippen LogP contribution in [0.3, 0.4) is 0 Å². The predicted octanol–water partition coefficient (Wildman–Crippen LogP) is 3.65. The standard InChI is InChI=1S/C16H23BrN2O5S/c1-15(2,3)25(23)18-13(16(4,5)14(20)24-6)10-8-7-9-11(17)12(10)19(21)22/h7-9,13,18H,1-6H3/t13-,25+/m1/s1. The molecule has 0 aliphatic heterocycles. The first kappa shape index (κ1) is 21.7. The molecule has 0 radical (unpaired) electrons. The van der Waals surface area contributed by atoms with Gasteiger partial charge in [0.1, 0.15) is 0 Å². The minimum atomic E-state index is -1.56. The van der Waals surface area contributed by atoms with Gasteiger partial charge in [-0.1, -0.05) is 12.1 Å². The quantitative estimate of drug-likeness (QED) is 0.418. The molecule has 1 aromatic rings. The van der Waals surface area contributed by atoms with Gasteiger partial charge in [-0.2, -0.15) is 0 Å². The molecule has 0 saturated carbocycles. The summed E-state index contributed by atoms with van der Waals surface area (Å²) in [4.78, 5) is 23.3. The number of nitro benzene ring substituents is 1. The van der Waals surface area contributed by atoms with E-state index in [-0.39, 0.29) is 15.7 Å². The molecule has 25 heavy (non-hydrogen) atoms. The van der Waals surface area contributed by atoms with Gasteiger partial charge in [-0.25, -0.2) is 8.93 Å². The Labute approximate surface area is 158 Å². The number of hydrogen-bond donors (Lipinski definition) is 1. The number of para-hydroxylation sites is 1. The number of methoxy groups -OCH3 is 1. The normalized spacial score (nSPS) is 14.7. The summed E-state index contributed by atoms with van der Waals surface area (Å²) in [6, 6.07) is 3.84.